The van der Waals surface area contributed by atoms with Crippen LogP contribution in [0.4, 0.5) is 13.2 Å². The van der Waals surface area contributed by atoms with Gasteiger partial charge in [-0.3, -0.25) is 0 Å². The first-order valence-electron chi connectivity index (χ1n) is 8.51. The van der Waals surface area contributed by atoms with Crippen LogP contribution in [0.3, 0.4) is 0 Å². The van der Waals surface area contributed by atoms with Crippen LogP contribution >= 0.6 is 0 Å². The minimum absolute atomic E-state index is 0.352. The Labute approximate surface area is 164 Å². The number of aliphatic carboxylic acids is 1. The number of hydrogen-bond donors (Lipinski definition) is 2. The Hall–Kier alpha value is -3.39. The average molecular weight is 405 g/mol. The monoisotopic (exact) mass is 405 g/mol. The summed E-state index contributed by atoms with van der Waals surface area (Å²) in [5.41, 5.74) is 7.17. The molecule has 3 rings (SSSR count). The van der Waals surface area contributed by atoms with E-state index in [0.717, 1.165) is 22.8 Å². The van der Waals surface area contributed by atoms with Crippen LogP contribution in [0.2, 0.25) is 0 Å². The maximum Gasteiger partial charge on any atom is 0.490 e. The highest BCUT2D eigenvalue weighted by molar-refractivity contribution is 5.92. The van der Waals surface area contributed by atoms with Crippen LogP contribution < -0.4 is 10.5 Å². The van der Waals surface area contributed by atoms with E-state index >= 15 is 0 Å². The predicted octanol–water partition coefficient (Wildman–Crippen LogP) is 4.19. The lowest BCUT2D eigenvalue weighted by atomic mass is 10.1. The van der Waals surface area contributed by atoms with Gasteiger partial charge >= 0.3 is 18.1 Å². The molecule has 0 saturated heterocycles. The quantitative estimate of drug-likeness (QED) is 0.502. The maximum absolute atomic E-state index is 12.2. The van der Waals surface area contributed by atoms with E-state index in [2.05, 4.69) is 0 Å². The van der Waals surface area contributed by atoms with E-state index in [0.29, 0.717) is 17.9 Å². The van der Waals surface area contributed by atoms with Crippen molar-refractivity contribution in [2.45, 2.75) is 12.6 Å². The van der Waals surface area contributed by atoms with Gasteiger partial charge in [0.15, 0.2) is 0 Å². The van der Waals surface area contributed by atoms with Crippen LogP contribution in [0.1, 0.15) is 15.9 Å². The number of rotatable bonds is 4. The second kappa shape index (κ2) is 9.70. The highest BCUT2D eigenvalue weighted by atomic mass is 19.4. The molecular formula is C21H18F3NO4. The highest BCUT2D eigenvalue weighted by Crippen LogP contribution is 2.21. The number of fused-ring (bicyclic) bond motifs is 1. The van der Waals surface area contributed by atoms with Gasteiger partial charge in [-0.25, -0.2) is 9.59 Å². The Morgan fingerprint density at radius 1 is 0.931 bits per heavy atom. The van der Waals surface area contributed by atoms with E-state index in [-0.39, 0.29) is 5.97 Å². The zero-order valence-corrected chi connectivity index (χ0v) is 15.1. The molecule has 3 aromatic rings. The van der Waals surface area contributed by atoms with Gasteiger partial charge in [0.05, 0.1) is 5.56 Å². The van der Waals surface area contributed by atoms with Crippen molar-refractivity contribution in [2.24, 2.45) is 5.73 Å². The summed E-state index contributed by atoms with van der Waals surface area (Å²) >= 11 is 0. The molecule has 3 N–H and O–H groups in total. The number of benzene rings is 3. The Bertz CT molecular complexity index is 985. The molecule has 29 heavy (non-hydrogen) atoms. The van der Waals surface area contributed by atoms with Gasteiger partial charge in [-0.15, -0.1) is 0 Å². The van der Waals surface area contributed by atoms with E-state index in [1.54, 1.807) is 12.1 Å². The fourth-order valence-corrected chi connectivity index (χ4v) is 2.37. The molecule has 0 fully saturated rings. The number of halogens is 3. The first-order chi connectivity index (χ1) is 13.7. The van der Waals surface area contributed by atoms with E-state index in [9.17, 15) is 18.0 Å². The van der Waals surface area contributed by atoms with E-state index in [4.69, 9.17) is 20.4 Å². The molecule has 152 valence electrons. The van der Waals surface area contributed by atoms with Gasteiger partial charge in [0.1, 0.15) is 5.75 Å². The Kier molecular flexibility index (Phi) is 7.33. The molecule has 0 amide bonds. The van der Waals surface area contributed by atoms with Crippen LogP contribution in [0.5, 0.6) is 5.75 Å². The Morgan fingerprint density at radius 2 is 1.52 bits per heavy atom. The standard InChI is InChI=1S/C19H17NO2.C2HF3O2/c20-12-11-14-5-7-16(8-6-14)19(21)22-18-10-9-15-3-1-2-4-17(15)13-18;3-2(4,5)1(6)7/h1-10,13H,11-12,20H2;(H,6,7). The SMILES string of the molecule is NCCc1ccc(C(=O)Oc2ccc3ccccc3c2)cc1.O=C(O)C(F)(F)F. The number of carbonyl (C=O) groups is 2. The Morgan fingerprint density at radius 3 is 2.07 bits per heavy atom. The van der Waals surface area contributed by atoms with Crippen molar-refractivity contribution < 1.29 is 32.6 Å². The number of carboxylic acids is 1. The number of carbonyl (C=O) groups excluding carboxylic acids is 1. The molecule has 0 aliphatic heterocycles. The minimum atomic E-state index is -5.08. The van der Waals surface area contributed by atoms with Crippen molar-refractivity contribution in [3.8, 4) is 5.75 Å². The molecule has 0 radical (unpaired) electrons. The van der Waals surface area contributed by atoms with E-state index < -0.39 is 12.1 Å². The number of esters is 1. The normalized spacial score (nSPS) is 10.8. The third-order valence-corrected chi connectivity index (χ3v) is 3.80. The lowest BCUT2D eigenvalue weighted by molar-refractivity contribution is -0.192. The summed E-state index contributed by atoms with van der Waals surface area (Å²) in [5, 5.41) is 9.29. The number of carboxylic acid groups (broad SMARTS) is 1. The van der Waals surface area contributed by atoms with E-state index in [1.165, 1.54) is 0 Å². The summed E-state index contributed by atoms with van der Waals surface area (Å²) in [4.78, 5) is 21.1. The number of alkyl halides is 3. The second-order valence-electron chi connectivity index (χ2n) is 5.94. The fraction of sp³-hybridized carbons (Fsp3) is 0.143. The number of ether oxygens (including phenoxy) is 1. The molecule has 0 aromatic heterocycles. The molecule has 0 aliphatic carbocycles. The van der Waals surface area contributed by atoms with E-state index in [1.807, 2.05) is 54.6 Å². The minimum Gasteiger partial charge on any atom is -0.475 e. The average Bonchev–Trinajstić information content (AvgIpc) is 2.68. The molecule has 3 aromatic carbocycles. The molecule has 0 saturated carbocycles. The summed E-state index contributed by atoms with van der Waals surface area (Å²) in [5.74, 6) is -2.56. The van der Waals surface area contributed by atoms with Gasteiger partial charge in [0.25, 0.3) is 0 Å². The largest absolute Gasteiger partial charge is 0.490 e. The van der Waals surface area contributed by atoms with Crippen molar-refractivity contribution in [2.75, 3.05) is 6.54 Å². The molecule has 5 nitrogen and oxygen atoms in total. The molecule has 0 bridgehead atoms. The molecule has 0 atom stereocenters. The van der Waals surface area contributed by atoms with Gasteiger partial charge in [-0.05, 0) is 53.6 Å². The molecular weight excluding hydrogens is 387 g/mol. The van der Waals surface area contributed by atoms with Gasteiger partial charge in [0.2, 0.25) is 0 Å². The van der Waals surface area contributed by atoms with Crippen LogP contribution in [0.25, 0.3) is 10.8 Å². The third-order valence-electron chi connectivity index (χ3n) is 3.80. The second-order valence-corrected chi connectivity index (χ2v) is 5.94. The lowest BCUT2D eigenvalue weighted by Gasteiger charge is -2.06. The summed E-state index contributed by atoms with van der Waals surface area (Å²) in [6.07, 6.45) is -4.28. The number of nitrogens with two attached hydrogens (primary N) is 1. The summed E-state index contributed by atoms with van der Waals surface area (Å²) in [6.45, 7) is 0.598. The van der Waals surface area contributed by atoms with Gasteiger partial charge in [0, 0.05) is 0 Å². The predicted molar refractivity (Wildman–Crippen MR) is 102 cm³/mol. The van der Waals surface area contributed by atoms with Crippen LogP contribution in [0, 0.1) is 0 Å². The van der Waals surface area contributed by atoms with Gasteiger partial charge < -0.3 is 15.6 Å². The fourth-order valence-electron chi connectivity index (χ4n) is 2.37. The zero-order chi connectivity index (χ0) is 21.4. The van der Waals surface area contributed by atoms with Crippen LogP contribution in [-0.4, -0.2) is 29.8 Å². The van der Waals surface area contributed by atoms with Gasteiger partial charge in [-0.1, -0.05) is 42.5 Å². The summed E-state index contributed by atoms with van der Waals surface area (Å²) < 4.78 is 37.2. The van der Waals surface area contributed by atoms with Crippen LogP contribution in [0.15, 0.2) is 66.7 Å². The molecule has 8 heteroatoms. The topological polar surface area (TPSA) is 89.6 Å². The maximum atomic E-state index is 12.2. The number of hydrogen-bond acceptors (Lipinski definition) is 4. The summed E-state index contributed by atoms with van der Waals surface area (Å²) in [6, 6.07) is 20.9. The first-order valence-corrected chi connectivity index (χ1v) is 8.51. The van der Waals surface area contributed by atoms with Crippen molar-refractivity contribution in [3.63, 3.8) is 0 Å². The smallest absolute Gasteiger partial charge is 0.475 e. The molecule has 0 unspecified atom stereocenters. The van der Waals surface area contributed by atoms with Crippen LogP contribution in [-0.2, 0) is 11.2 Å². The van der Waals surface area contributed by atoms with Crippen molar-refractivity contribution in [1.82, 2.24) is 0 Å². The third kappa shape index (κ3) is 6.62. The molecule has 0 spiro atoms. The summed E-state index contributed by atoms with van der Waals surface area (Å²) in [7, 11) is 0. The highest BCUT2D eigenvalue weighted by Gasteiger charge is 2.38. The molecule has 0 aliphatic rings. The molecule has 0 heterocycles. The first kappa shape index (κ1) is 21.9. The van der Waals surface area contributed by atoms with Crippen molar-refractivity contribution in [3.05, 3.63) is 77.9 Å². The Balaban J connectivity index is 0.000000370. The van der Waals surface area contributed by atoms with Gasteiger partial charge in [-0.2, -0.15) is 13.2 Å². The lowest BCUT2D eigenvalue weighted by Crippen LogP contribution is -2.21. The van der Waals surface area contributed by atoms with Crippen molar-refractivity contribution in [1.29, 1.82) is 0 Å². The van der Waals surface area contributed by atoms with Crippen molar-refractivity contribution >= 4 is 22.7 Å². The zero-order valence-electron chi connectivity index (χ0n) is 15.1.